The highest BCUT2D eigenvalue weighted by Gasteiger charge is 2.32. The van der Waals surface area contributed by atoms with Crippen LogP contribution in [0.15, 0.2) is 34.5 Å². The molecular weight excluding hydrogens is 451 g/mol. The molecule has 0 atom stereocenters. The van der Waals surface area contributed by atoms with Gasteiger partial charge in [-0.1, -0.05) is 0 Å². The van der Waals surface area contributed by atoms with Gasteiger partial charge in [0.25, 0.3) is 0 Å². The van der Waals surface area contributed by atoms with E-state index in [9.17, 15) is 17.6 Å². The molecule has 0 bridgehead atoms. The Balaban J connectivity index is 1.30. The number of carbonyl (C=O) groups excluding carboxylic acids is 1. The fraction of sp³-hybridized carbons (Fsp3) is 0.545. The van der Waals surface area contributed by atoms with Gasteiger partial charge in [0.15, 0.2) is 0 Å². The number of sulfonamides is 1. The molecule has 2 aromatic rings. The average Bonchev–Trinajstić information content (AvgIpc) is 3.03. The van der Waals surface area contributed by atoms with Crippen molar-refractivity contribution in [3.8, 4) is 0 Å². The van der Waals surface area contributed by atoms with Gasteiger partial charge in [-0.3, -0.25) is 9.69 Å². The van der Waals surface area contributed by atoms with E-state index >= 15 is 0 Å². The minimum atomic E-state index is -3.69. The van der Waals surface area contributed by atoms with E-state index in [2.05, 4.69) is 15.3 Å². The van der Waals surface area contributed by atoms with Crippen LogP contribution in [0.1, 0.15) is 30.0 Å². The zero-order valence-electron chi connectivity index (χ0n) is 18.2. The number of halogens is 1. The quantitative estimate of drug-likeness (QED) is 0.658. The predicted molar refractivity (Wildman–Crippen MR) is 121 cm³/mol. The number of hydrogen-bond acceptors (Lipinski definition) is 6. The first kappa shape index (κ1) is 23.3. The monoisotopic (exact) mass is 480 g/mol. The minimum absolute atomic E-state index is 0.0105. The minimum Gasteiger partial charge on any atom is -0.341 e. The molecule has 1 aromatic heterocycles. The van der Waals surface area contributed by atoms with Gasteiger partial charge in [0.1, 0.15) is 5.82 Å². The topological polar surface area (TPSA) is 73.8 Å². The smallest absolute Gasteiger partial charge is 0.243 e. The maximum atomic E-state index is 13.2. The summed E-state index contributed by atoms with van der Waals surface area (Å²) in [5.41, 5.74) is 1.09. The van der Waals surface area contributed by atoms with Gasteiger partial charge >= 0.3 is 0 Å². The lowest BCUT2D eigenvalue weighted by molar-refractivity contribution is -0.137. The van der Waals surface area contributed by atoms with Crippen molar-refractivity contribution in [1.82, 2.24) is 19.1 Å². The standard InChI is InChI=1S/C22H29FN4O3S2/c1-17-24-20(16-31-17)15-25-11-7-18(8-12-25)22(28)26-9-2-10-27(14-13-26)32(29,30)21-5-3-19(23)4-6-21/h3-6,16,18H,2,7-15H2,1H3. The molecule has 0 N–H and O–H groups in total. The van der Waals surface area contributed by atoms with Gasteiger partial charge in [0, 0.05) is 44.0 Å². The van der Waals surface area contributed by atoms with Crippen LogP contribution < -0.4 is 0 Å². The number of carbonyl (C=O) groups is 1. The van der Waals surface area contributed by atoms with E-state index in [-0.39, 0.29) is 23.3 Å². The molecule has 1 aromatic carbocycles. The van der Waals surface area contributed by atoms with E-state index in [0.717, 1.165) is 55.3 Å². The van der Waals surface area contributed by atoms with Gasteiger partial charge in [0.05, 0.1) is 15.6 Å². The number of thiazole rings is 1. The summed E-state index contributed by atoms with van der Waals surface area (Å²) in [6.45, 7) is 6.13. The molecule has 7 nitrogen and oxygen atoms in total. The average molecular weight is 481 g/mol. The van der Waals surface area contributed by atoms with E-state index < -0.39 is 15.8 Å². The van der Waals surface area contributed by atoms with Crippen LogP contribution in [0.25, 0.3) is 0 Å². The molecule has 3 heterocycles. The highest BCUT2D eigenvalue weighted by molar-refractivity contribution is 7.89. The normalized spacial score (nSPS) is 19.8. The van der Waals surface area contributed by atoms with Crippen molar-refractivity contribution in [2.75, 3.05) is 39.3 Å². The van der Waals surface area contributed by atoms with Crippen molar-refractivity contribution in [2.24, 2.45) is 5.92 Å². The van der Waals surface area contributed by atoms with Crippen molar-refractivity contribution in [3.63, 3.8) is 0 Å². The van der Waals surface area contributed by atoms with Gasteiger partial charge in [-0.15, -0.1) is 11.3 Å². The number of aromatic nitrogens is 1. The molecule has 2 aliphatic rings. The van der Waals surface area contributed by atoms with E-state index in [1.165, 1.54) is 16.4 Å². The first-order valence-corrected chi connectivity index (χ1v) is 13.3. The van der Waals surface area contributed by atoms with Gasteiger partial charge < -0.3 is 4.90 Å². The molecule has 2 aliphatic heterocycles. The molecule has 0 radical (unpaired) electrons. The Kier molecular flexibility index (Phi) is 7.24. The summed E-state index contributed by atoms with van der Waals surface area (Å²) in [5, 5.41) is 3.16. The predicted octanol–water partition coefficient (Wildman–Crippen LogP) is 2.73. The van der Waals surface area contributed by atoms with Crippen LogP contribution in [0.5, 0.6) is 0 Å². The molecule has 2 fully saturated rings. The number of benzene rings is 1. The summed E-state index contributed by atoms with van der Waals surface area (Å²) in [6, 6.07) is 4.89. The third kappa shape index (κ3) is 5.36. The van der Waals surface area contributed by atoms with Crippen LogP contribution in [-0.2, 0) is 21.4 Å². The molecule has 10 heteroatoms. The van der Waals surface area contributed by atoms with Crippen molar-refractivity contribution < 1.29 is 17.6 Å². The number of rotatable bonds is 5. The Labute approximate surface area is 192 Å². The number of amides is 1. The van der Waals surface area contributed by atoms with E-state index in [4.69, 9.17) is 0 Å². The Bertz CT molecular complexity index is 1030. The molecule has 32 heavy (non-hydrogen) atoms. The first-order chi connectivity index (χ1) is 15.3. The number of likely N-dealkylation sites (tertiary alicyclic amines) is 1. The summed E-state index contributed by atoms with van der Waals surface area (Å²) < 4.78 is 40.4. The third-order valence-corrected chi connectivity index (χ3v) is 8.94. The summed E-state index contributed by atoms with van der Waals surface area (Å²) >= 11 is 1.66. The molecule has 0 aliphatic carbocycles. The maximum Gasteiger partial charge on any atom is 0.243 e. The molecule has 0 unspecified atom stereocenters. The largest absolute Gasteiger partial charge is 0.341 e. The number of piperidine rings is 1. The highest BCUT2D eigenvalue weighted by Crippen LogP contribution is 2.24. The molecule has 4 rings (SSSR count). The highest BCUT2D eigenvalue weighted by atomic mass is 32.2. The van der Waals surface area contributed by atoms with Crippen molar-refractivity contribution >= 4 is 27.3 Å². The fourth-order valence-electron chi connectivity index (χ4n) is 4.42. The SMILES string of the molecule is Cc1nc(CN2CCC(C(=O)N3CCCN(S(=O)(=O)c4ccc(F)cc4)CC3)CC2)cs1. The Morgan fingerprint density at radius 1 is 1.09 bits per heavy atom. The van der Waals surface area contributed by atoms with Crippen LogP contribution in [0.2, 0.25) is 0 Å². The maximum absolute atomic E-state index is 13.2. The second-order valence-electron chi connectivity index (χ2n) is 8.45. The second-order valence-corrected chi connectivity index (χ2v) is 11.4. The zero-order chi connectivity index (χ0) is 22.7. The molecule has 0 spiro atoms. The summed E-state index contributed by atoms with van der Waals surface area (Å²) in [7, 11) is -3.69. The molecule has 1 amide bonds. The second kappa shape index (κ2) is 9.94. The lowest BCUT2D eigenvalue weighted by Gasteiger charge is -2.33. The van der Waals surface area contributed by atoms with Crippen LogP contribution in [0, 0.1) is 18.7 Å². The van der Waals surface area contributed by atoms with Crippen molar-refractivity contribution in [1.29, 1.82) is 0 Å². The Morgan fingerprint density at radius 3 is 2.47 bits per heavy atom. The van der Waals surface area contributed by atoms with E-state index in [0.29, 0.717) is 26.1 Å². The fourth-order valence-corrected chi connectivity index (χ4v) is 6.49. The Hall–Kier alpha value is -1.88. The Morgan fingerprint density at radius 2 is 1.81 bits per heavy atom. The molecule has 2 saturated heterocycles. The van der Waals surface area contributed by atoms with Crippen molar-refractivity contribution in [2.45, 2.75) is 37.6 Å². The van der Waals surface area contributed by atoms with Gasteiger partial charge in [-0.05, 0) is 63.5 Å². The summed E-state index contributed by atoms with van der Waals surface area (Å²) in [5.74, 6) is -0.344. The number of nitrogens with zero attached hydrogens (tertiary/aromatic N) is 4. The number of aryl methyl sites for hydroxylation is 1. The number of hydrogen-bond donors (Lipinski definition) is 0. The molecule has 174 valence electrons. The summed E-state index contributed by atoms with van der Waals surface area (Å²) in [6.07, 6.45) is 2.22. The lowest BCUT2D eigenvalue weighted by Crippen LogP contribution is -2.44. The lowest BCUT2D eigenvalue weighted by atomic mass is 9.95. The van der Waals surface area contributed by atoms with Crippen molar-refractivity contribution in [3.05, 3.63) is 46.2 Å². The van der Waals surface area contributed by atoms with Gasteiger partial charge in [-0.2, -0.15) is 4.31 Å². The van der Waals surface area contributed by atoms with Crippen LogP contribution in [0.3, 0.4) is 0 Å². The van der Waals surface area contributed by atoms with E-state index in [1.54, 1.807) is 11.3 Å². The van der Waals surface area contributed by atoms with Gasteiger partial charge in [-0.25, -0.2) is 17.8 Å². The third-order valence-electron chi connectivity index (χ3n) is 6.21. The molecular formula is C22H29FN4O3S2. The van der Waals surface area contributed by atoms with Gasteiger partial charge in [0.2, 0.25) is 15.9 Å². The first-order valence-electron chi connectivity index (χ1n) is 11.0. The summed E-state index contributed by atoms with van der Waals surface area (Å²) in [4.78, 5) is 21.9. The zero-order valence-corrected chi connectivity index (χ0v) is 19.9. The van der Waals surface area contributed by atoms with Crippen LogP contribution >= 0.6 is 11.3 Å². The van der Waals surface area contributed by atoms with Crippen LogP contribution in [-0.4, -0.2) is 72.7 Å². The van der Waals surface area contributed by atoms with Crippen LogP contribution in [0.4, 0.5) is 4.39 Å². The van der Waals surface area contributed by atoms with E-state index in [1.807, 2.05) is 11.8 Å². The molecule has 0 saturated carbocycles.